The van der Waals surface area contributed by atoms with Crippen molar-refractivity contribution in [3.05, 3.63) is 42.7 Å². The van der Waals surface area contributed by atoms with Gasteiger partial charge in [0.1, 0.15) is 17.0 Å². The molecule has 0 atom stereocenters. The van der Waals surface area contributed by atoms with Crippen molar-refractivity contribution < 1.29 is 4.79 Å². The number of fused-ring (bicyclic) bond motifs is 1. The average molecular weight is 366 g/mol. The minimum absolute atomic E-state index is 0.245. The Bertz CT molecular complexity index is 903. The Kier molecular flexibility index (Phi) is 4.84. The Balaban J connectivity index is 1.54. The summed E-state index contributed by atoms with van der Waals surface area (Å²) in [5, 5.41) is 1.05. The topological polar surface area (TPSA) is 49.3 Å². The summed E-state index contributed by atoms with van der Waals surface area (Å²) in [7, 11) is 2.00. The standard InChI is InChI=1S/C20H22N4OS/c1-23(12-9-18(25)24-10-5-6-11-24)19-16-13-17(15-7-3-2-4-8-15)26-20(16)22-14-21-19/h2-4,7-8,13-14H,5-6,9-12H2,1H3. The first kappa shape index (κ1) is 17.0. The van der Waals surface area contributed by atoms with Crippen LogP contribution >= 0.6 is 11.3 Å². The minimum Gasteiger partial charge on any atom is -0.359 e. The molecule has 0 aliphatic carbocycles. The van der Waals surface area contributed by atoms with Gasteiger partial charge in [-0.3, -0.25) is 4.79 Å². The van der Waals surface area contributed by atoms with E-state index in [1.807, 2.05) is 30.1 Å². The van der Waals surface area contributed by atoms with Gasteiger partial charge in [0.25, 0.3) is 0 Å². The van der Waals surface area contributed by atoms with Crippen molar-refractivity contribution >= 4 is 33.3 Å². The van der Waals surface area contributed by atoms with Crippen LogP contribution in [0, 0.1) is 0 Å². The first-order valence-corrected chi connectivity index (χ1v) is 9.83. The Labute approximate surface area is 157 Å². The highest BCUT2D eigenvalue weighted by Crippen LogP contribution is 2.35. The molecule has 0 unspecified atom stereocenters. The normalized spacial score (nSPS) is 14.1. The van der Waals surface area contributed by atoms with Crippen LogP contribution in [0.5, 0.6) is 0 Å². The Morgan fingerprint density at radius 3 is 2.73 bits per heavy atom. The van der Waals surface area contributed by atoms with Crippen molar-refractivity contribution in [3.8, 4) is 10.4 Å². The van der Waals surface area contributed by atoms with Gasteiger partial charge in [-0.05, 0) is 24.5 Å². The number of amides is 1. The molecule has 6 heteroatoms. The Morgan fingerprint density at radius 2 is 1.96 bits per heavy atom. The van der Waals surface area contributed by atoms with Crippen LogP contribution in [0.15, 0.2) is 42.7 Å². The first-order valence-electron chi connectivity index (χ1n) is 9.01. The molecule has 1 amide bonds. The monoisotopic (exact) mass is 366 g/mol. The van der Waals surface area contributed by atoms with Crippen LogP contribution in [-0.4, -0.2) is 47.5 Å². The zero-order chi connectivity index (χ0) is 17.9. The molecule has 0 radical (unpaired) electrons. The van der Waals surface area contributed by atoms with E-state index in [2.05, 4.69) is 33.1 Å². The highest BCUT2D eigenvalue weighted by atomic mass is 32.1. The van der Waals surface area contributed by atoms with Crippen molar-refractivity contribution in [1.29, 1.82) is 0 Å². The lowest BCUT2D eigenvalue weighted by Gasteiger charge is -2.21. The fraction of sp³-hybridized carbons (Fsp3) is 0.350. The third kappa shape index (κ3) is 3.42. The summed E-state index contributed by atoms with van der Waals surface area (Å²) in [5.74, 6) is 1.14. The van der Waals surface area contributed by atoms with Gasteiger partial charge >= 0.3 is 0 Å². The van der Waals surface area contributed by atoms with Gasteiger partial charge in [-0.2, -0.15) is 0 Å². The van der Waals surface area contributed by atoms with E-state index >= 15 is 0 Å². The number of carbonyl (C=O) groups is 1. The maximum atomic E-state index is 12.3. The quantitative estimate of drug-likeness (QED) is 0.689. The number of anilines is 1. The van der Waals surface area contributed by atoms with E-state index in [1.54, 1.807) is 17.7 Å². The second-order valence-electron chi connectivity index (χ2n) is 6.65. The summed E-state index contributed by atoms with van der Waals surface area (Å²) >= 11 is 1.67. The molecule has 1 aromatic carbocycles. The SMILES string of the molecule is CN(CCC(=O)N1CCCC1)c1ncnc2sc(-c3ccccc3)cc12. The zero-order valence-corrected chi connectivity index (χ0v) is 15.7. The van der Waals surface area contributed by atoms with E-state index in [0.29, 0.717) is 13.0 Å². The molecule has 5 nitrogen and oxygen atoms in total. The molecule has 3 aromatic rings. The summed E-state index contributed by atoms with van der Waals surface area (Å²) in [5.41, 5.74) is 1.19. The lowest BCUT2D eigenvalue weighted by Crippen LogP contribution is -2.31. The molecular weight excluding hydrogens is 344 g/mol. The predicted octanol–water partition coefficient (Wildman–Crippen LogP) is 3.81. The summed E-state index contributed by atoms with van der Waals surface area (Å²) in [6.45, 7) is 2.48. The van der Waals surface area contributed by atoms with Crippen LogP contribution in [0.4, 0.5) is 5.82 Å². The summed E-state index contributed by atoms with van der Waals surface area (Å²) in [6.07, 6.45) is 4.40. The number of hydrogen-bond donors (Lipinski definition) is 0. The van der Waals surface area contributed by atoms with Crippen LogP contribution in [-0.2, 0) is 4.79 Å². The van der Waals surface area contributed by atoms with Gasteiger partial charge in [0.2, 0.25) is 5.91 Å². The van der Waals surface area contributed by atoms with Gasteiger partial charge in [-0.15, -0.1) is 11.3 Å². The predicted molar refractivity (Wildman–Crippen MR) is 107 cm³/mol. The van der Waals surface area contributed by atoms with Crippen molar-refractivity contribution in [1.82, 2.24) is 14.9 Å². The molecule has 0 N–H and O–H groups in total. The largest absolute Gasteiger partial charge is 0.359 e. The molecule has 2 aromatic heterocycles. The number of thiophene rings is 1. The number of rotatable bonds is 5. The molecule has 0 spiro atoms. The molecule has 0 saturated carbocycles. The van der Waals surface area contributed by atoms with Crippen molar-refractivity contribution in [3.63, 3.8) is 0 Å². The lowest BCUT2D eigenvalue weighted by atomic mass is 10.2. The second kappa shape index (κ2) is 7.41. The van der Waals surface area contributed by atoms with Crippen LogP contribution < -0.4 is 4.90 Å². The first-order chi connectivity index (χ1) is 12.7. The van der Waals surface area contributed by atoms with E-state index in [4.69, 9.17) is 0 Å². The molecule has 134 valence electrons. The molecule has 1 saturated heterocycles. The van der Waals surface area contributed by atoms with Crippen molar-refractivity contribution in [2.75, 3.05) is 31.6 Å². The van der Waals surface area contributed by atoms with Gasteiger partial charge in [-0.1, -0.05) is 30.3 Å². The smallest absolute Gasteiger partial charge is 0.224 e. The van der Waals surface area contributed by atoms with Crippen molar-refractivity contribution in [2.24, 2.45) is 0 Å². The molecular formula is C20H22N4OS. The minimum atomic E-state index is 0.245. The van der Waals surface area contributed by atoms with E-state index in [0.717, 1.165) is 42.0 Å². The third-order valence-electron chi connectivity index (χ3n) is 4.85. The number of nitrogens with zero attached hydrogens (tertiary/aromatic N) is 4. The average Bonchev–Trinajstić information content (AvgIpc) is 3.35. The number of likely N-dealkylation sites (tertiary alicyclic amines) is 1. The van der Waals surface area contributed by atoms with Gasteiger partial charge in [-0.25, -0.2) is 9.97 Å². The van der Waals surface area contributed by atoms with E-state index < -0.39 is 0 Å². The highest BCUT2D eigenvalue weighted by Gasteiger charge is 2.19. The fourth-order valence-corrected chi connectivity index (χ4v) is 4.38. The summed E-state index contributed by atoms with van der Waals surface area (Å²) in [6, 6.07) is 12.5. The Hall–Kier alpha value is -2.47. The van der Waals surface area contributed by atoms with E-state index in [-0.39, 0.29) is 5.91 Å². The number of benzene rings is 1. The van der Waals surface area contributed by atoms with E-state index in [9.17, 15) is 4.79 Å². The second-order valence-corrected chi connectivity index (χ2v) is 7.68. The molecule has 4 rings (SSSR count). The summed E-state index contributed by atoms with van der Waals surface area (Å²) in [4.78, 5) is 27.4. The molecule has 0 bridgehead atoms. The summed E-state index contributed by atoms with van der Waals surface area (Å²) < 4.78 is 0. The molecule has 1 fully saturated rings. The molecule has 1 aliphatic heterocycles. The van der Waals surface area contributed by atoms with Crippen LogP contribution in [0.1, 0.15) is 19.3 Å². The van der Waals surface area contributed by atoms with Crippen molar-refractivity contribution in [2.45, 2.75) is 19.3 Å². The molecule has 3 heterocycles. The molecule has 1 aliphatic rings. The number of hydrogen-bond acceptors (Lipinski definition) is 5. The van der Waals surface area contributed by atoms with Crippen LogP contribution in [0.2, 0.25) is 0 Å². The zero-order valence-electron chi connectivity index (χ0n) is 14.9. The van der Waals surface area contributed by atoms with Gasteiger partial charge in [0.15, 0.2) is 0 Å². The number of aromatic nitrogens is 2. The lowest BCUT2D eigenvalue weighted by molar-refractivity contribution is -0.129. The van der Waals surface area contributed by atoms with Gasteiger partial charge in [0, 0.05) is 38.0 Å². The van der Waals surface area contributed by atoms with Gasteiger partial charge in [0.05, 0.1) is 5.39 Å². The molecule has 26 heavy (non-hydrogen) atoms. The van der Waals surface area contributed by atoms with Gasteiger partial charge < -0.3 is 9.80 Å². The van der Waals surface area contributed by atoms with Crippen LogP contribution in [0.25, 0.3) is 20.7 Å². The highest BCUT2D eigenvalue weighted by molar-refractivity contribution is 7.21. The maximum Gasteiger partial charge on any atom is 0.224 e. The van der Waals surface area contributed by atoms with E-state index in [1.165, 1.54) is 10.4 Å². The fourth-order valence-electron chi connectivity index (χ4n) is 3.39. The van der Waals surface area contributed by atoms with Crippen LogP contribution in [0.3, 0.4) is 0 Å². The third-order valence-corrected chi connectivity index (χ3v) is 5.94. The maximum absolute atomic E-state index is 12.3. The Morgan fingerprint density at radius 1 is 1.19 bits per heavy atom. The number of carbonyl (C=O) groups excluding carboxylic acids is 1.